The van der Waals surface area contributed by atoms with Crippen LogP contribution in [0.4, 0.5) is 0 Å². The Morgan fingerprint density at radius 1 is 0.467 bits per heavy atom. The fourth-order valence-corrected chi connectivity index (χ4v) is 6.77. The van der Waals surface area contributed by atoms with E-state index in [0.717, 1.165) is 49.8 Å². The maximum Gasteiger partial charge on any atom is 0.143 e. The summed E-state index contributed by atoms with van der Waals surface area (Å²) < 4.78 is 6.39. The number of nitrogens with zero attached hydrogens (tertiary/aromatic N) is 1. The maximum absolute atomic E-state index is 6.39. The minimum Gasteiger partial charge on any atom is -0.455 e. The maximum atomic E-state index is 6.39. The molecule has 2 nitrogen and oxygen atoms in total. The van der Waals surface area contributed by atoms with Crippen LogP contribution in [0.25, 0.3) is 76.8 Å². The Morgan fingerprint density at radius 3 is 1.84 bits per heavy atom. The number of aromatic nitrogens is 1. The first-order valence-electron chi connectivity index (χ1n) is 15.9. The number of hydrogen-bond acceptors (Lipinski definition) is 2. The first-order chi connectivity index (χ1) is 21.6. The van der Waals surface area contributed by atoms with Crippen LogP contribution >= 0.6 is 0 Å². The minimum atomic E-state index is 0.0369. The summed E-state index contributed by atoms with van der Waals surface area (Å²) in [5.74, 6) is 0. The molecule has 220 valence electrons. The Hall–Kier alpha value is -4.95. The highest BCUT2D eigenvalue weighted by Gasteiger charge is 2.20. The van der Waals surface area contributed by atoms with Gasteiger partial charge in [-0.05, 0) is 80.1 Å². The molecule has 0 radical (unpaired) electrons. The lowest BCUT2D eigenvalue weighted by Crippen LogP contribution is -2.11. The molecule has 0 spiro atoms. The number of para-hydroxylation sites is 2. The topological polar surface area (TPSA) is 26.0 Å². The molecule has 0 aliphatic heterocycles. The summed E-state index contributed by atoms with van der Waals surface area (Å²) >= 11 is 0. The molecule has 8 aromatic rings. The van der Waals surface area contributed by atoms with Crippen molar-refractivity contribution < 1.29 is 4.42 Å². The van der Waals surface area contributed by atoms with Gasteiger partial charge < -0.3 is 4.42 Å². The zero-order valence-corrected chi connectivity index (χ0v) is 26.8. The molecule has 2 aromatic heterocycles. The van der Waals surface area contributed by atoms with E-state index in [1.165, 1.54) is 38.1 Å². The third kappa shape index (κ3) is 4.51. The highest BCUT2D eigenvalue weighted by molar-refractivity contribution is 6.24. The third-order valence-electron chi connectivity index (χ3n) is 9.38. The van der Waals surface area contributed by atoms with E-state index in [1.807, 2.05) is 12.1 Å². The van der Waals surface area contributed by atoms with E-state index in [-0.39, 0.29) is 10.8 Å². The van der Waals surface area contributed by atoms with Gasteiger partial charge in [0, 0.05) is 32.7 Å². The molecular weight excluding hydrogens is 546 g/mol. The Bertz CT molecular complexity index is 2450. The first kappa shape index (κ1) is 27.6. The second-order valence-electron chi connectivity index (χ2n) is 14.5. The number of rotatable bonds is 2. The molecule has 0 bridgehead atoms. The van der Waals surface area contributed by atoms with E-state index in [9.17, 15) is 0 Å². The molecule has 8 rings (SSSR count). The fourth-order valence-electron chi connectivity index (χ4n) is 6.77. The number of pyridine rings is 1. The van der Waals surface area contributed by atoms with Crippen molar-refractivity contribution in [2.45, 2.75) is 52.4 Å². The van der Waals surface area contributed by atoms with Gasteiger partial charge in [0.1, 0.15) is 11.2 Å². The normalized spacial score (nSPS) is 12.7. The molecular formula is C43H37NO. The lowest BCUT2D eigenvalue weighted by Gasteiger charge is -2.22. The molecule has 6 aromatic carbocycles. The van der Waals surface area contributed by atoms with Crippen LogP contribution < -0.4 is 0 Å². The predicted molar refractivity (Wildman–Crippen MR) is 192 cm³/mol. The van der Waals surface area contributed by atoms with Crippen molar-refractivity contribution in [2.24, 2.45) is 0 Å². The van der Waals surface area contributed by atoms with E-state index in [1.54, 1.807) is 0 Å². The summed E-state index contributed by atoms with van der Waals surface area (Å²) in [6.07, 6.45) is 0. The molecule has 0 aliphatic carbocycles. The lowest BCUT2D eigenvalue weighted by molar-refractivity contribution is 0.591. The molecule has 45 heavy (non-hydrogen) atoms. The van der Waals surface area contributed by atoms with Crippen molar-refractivity contribution in [3.8, 4) is 22.4 Å². The summed E-state index contributed by atoms with van der Waals surface area (Å²) in [6, 6.07) is 41.8. The van der Waals surface area contributed by atoms with Crippen molar-refractivity contribution in [2.75, 3.05) is 0 Å². The van der Waals surface area contributed by atoms with E-state index < -0.39 is 0 Å². The number of furan rings is 1. The van der Waals surface area contributed by atoms with Crippen LogP contribution in [0.3, 0.4) is 0 Å². The Labute approximate surface area is 264 Å². The van der Waals surface area contributed by atoms with Crippen LogP contribution in [0.1, 0.15) is 52.7 Å². The second-order valence-corrected chi connectivity index (χ2v) is 14.5. The van der Waals surface area contributed by atoms with Gasteiger partial charge in [-0.3, -0.25) is 0 Å². The molecule has 0 saturated carbocycles. The van der Waals surface area contributed by atoms with Crippen LogP contribution in [-0.4, -0.2) is 4.98 Å². The van der Waals surface area contributed by atoms with Crippen molar-refractivity contribution in [3.05, 3.63) is 126 Å². The molecule has 0 unspecified atom stereocenters. The Kier molecular flexibility index (Phi) is 5.99. The third-order valence-corrected chi connectivity index (χ3v) is 9.38. The number of benzene rings is 6. The van der Waals surface area contributed by atoms with Crippen molar-refractivity contribution in [1.29, 1.82) is 0 Å². The first-order valence-corrected chi connectivity index (χ1v) is 15.9. The largest absolute Gasteiger partial charge is 0.455 e. The van der Waals surface area contributed by atoms with Gasteiger partial charge in [0.05, 0.1) is 11.2 Å². The Balaban J connectivity index is 1.36. The highest BCUT2D eigenvalue weighted by atomic mass is 16.3. The van der Waals surface area contributed by atoms with Gasteiger partial charge in [-0.15, -0.1) is 0 Å². The molecule has 0 N–H and O–H groups in total. The second kappa shape index (κ2) is 9.78. The van der Waals surface area contributed by atoms with Gasteiger partial charge in [0.15, 0.2) is 0 Å². The summed E-state index contributed by atoms with van der Waals surface area (Å²) in [6.45, 7) is 13.7. The number of fused-ring (bicyclic) bond motifs is 9. The van der Waals surface area contributed by atoms with Gasteiger partial charge in [0.2, 0.25) is 0 Å². The summed E-state index contributed by atoms with van der Waals surface area (Å²) in [7, 11) is 0. The van der Waals surface area contributed by atoms with Crippen molar-refractivity contribution in [3.63, 3.8) is 0 Å². The summed E-state index contributed by atoms with van der Waals surface area (Å²) in [5.41, 5.74) is 9.89. The minimum absolute atomic E-state index is 0.0369. The van der Waals surface area contributed by atoms with Gasteiger partial charge in [-0.1, -0.05) is 120 Å². The quantitative estimate of drug-likeness (QED) is 0.189. The average Bonchev–Trinajstić information content (AvgIpc) is 3.42. The molecule has 0 saturated heterocycles. The zero-order chi connectivity index (χ0) is 31.1. The smallest absolute Gasteiger partial charge is 0.143 e. The standard InChI is InChI=1S/C43H37NO/c1-42(2,3)28-17-19-31-32-20-18-29(43(4,5)6)25-37(32)40-34(36(31)24-28)21-22-38(44-40)27-12-9-11-26(23-27)30-14-10-15-35-33-13-7-8-16-39(33)45-41(30)35/h7-25H,1-6H3. The molecule has 2 heteroatoms. The van der Waals surface area contributed by atoms with Crippen LogP contribution in [0.5, 0.6) is 0 Å². The predicted octanol–water partition coefficient (Wildman–Crippen LogP) is 12.4. The van der Waals surface area contributed by atoms with Gasteiger partial charge in [-0.2, -0.15) is 0 Å². The van der Waals surface area contributed by atoms with Gasteiger partial charge in [-0.25, -0.2) is 4.98 Å². The highest BCUT2D eigenvalue weighted by Crippen LogP contribution is 2.40. The van der Waals surface area contributed by atoms with E-state index >= 15 is 0 Å². The summed E-state index contributed by atoms with van der Waals surface area (Å²) in [5, 5.41) is 8.48. The van der Waals surface area contributed by atoms with E-state index in [2.05, 4.69) is 145 Å². The van der Waals surface area contributed by atoms with E-state index in [0.29, 0.717) is 0 Å². The van der Waals surface area contributed by atoms with Crippen LogP contribution in [0.2, 0.25) is 0 Å². The Morgan fingerprint density at radius 2 is 1.09 bits per heavy atom. The van der Waals surface area contributed by atoms with Gasteiger partial charge in [0.25, 0.3) is 0 Å². The molecule has 0 amide bonds. The van der Waals surface area contributed by atoms with Gasteiger partial charge >= 0.3 is 0 Å². The molecule has 0 atom stereocenters. The van der Waals surface area contributed by atoms with E-state index in [4.69, 9.17) is 9.40 Å². The van der Waals surface area contributed by atoms with Crippen LogP contribution in [0.15, 0.2) is 120 Å². The summed E-state index contributed by atoms with van der Waals surface area (Å²) in [4.78, 5) is 5.45. The number of hydrogen-bond donors (Lipinski definition) is 0. The van der Waals surface area contributed by atoms with Crippen molar-refractivity contribution in [1.82, 2.24) is 4.98 Å². The monoisotopic (exact) mass is 583 g/mol. The van der Waals surface area contributed by atoms with Crippen LogP contribution in [-0.2, 0) is 10.8 Å². The SMILES string of the molecule is CC(C)(C)c1ccc2c(c1)c1ccc(-c3cccc(-c4cccc5c4oc4ccccc45)c3)nc1c1cc(C(C)(C)C)ccc21. The lowest BCUT2D eigenvalue weighted by atomic mass is 9.83. The zero-order valence-electron chi connectivity index (χ0n) is 26.8. The van der Waals surface area contributed by atoms with Crippen LogP contribution in [0, 0.1) is 0 Å². The van der Waals surface area contributed by atoms with Crippen molar-refractivity contribution >= 4 is 54.4 Å². The average molecular weight is 584 g/mol. The molecule has 0 fully saturated rings. The molecule has 2 heterocycles. The fraction of sp³-hybridized carbons (Fsp3) is 0.186. The molecule has 0 aliphatic rings.